The Balaban J connectivity index is 2.61. The molecule has 0 unspecified atom stereocenters. The molecule has 0 aromatic heterocycles. The topological polar surface area (TPSA) is 79.2 Å². The van der Waals surface area contributed by atoms with Crippen molar-refractivity contribution in [3.8, 4) is 11.5 Å². The summed E-state index contributed by atoms with van der Waals surface area (Å²) in [6, 6.07) is 4.80. The molecule has 0 saturated carbocycles. The summed E-state index contributed by atoms with van der Waals surface area (Å²) in [5, 5.41) is 28.8. The summed E-state index contributed by atoms with van der Waals surface area (Å²) >= 11 is 0. The van der Waals surface area contributed by atoms with Crippen molar-refractivity contribution in [1.82, 2.24) is 0 Å². The second-order valence-electron chi connectivity index (χ2n) is 6.25. The Labute approximate surface area is 145 Å². The normalized spacial score (nSPS) is 11.5. The van der Waals surface area contributed by atoms with Gasteiger partial charge in [0.25, 0.3) is 0 Å². The number of hydrogen-bond donors (Lipinski definition) is 3. The van der Waals surface area contributed by atoms with E-state index in [0.29, 0.717) is 19.0 Å². The van der Waals surface area contributed by atoms with E-state index in [-0.39, 0.29) is 11.2 Å². The highest BCUT2D eigenvalue weighted by Gasteiger charge is 2.23. The predicted octanol–water partition coefficient (Wildman–Crippen LogP) is 2.73. The zero-order chi connectivity index (χ0) is 17.8. The number of hydrogen-bond acceptors (Lipinski definition) is 5. The molecule has 0 aliphatic heterocycles. The Morgan fingerprint density at radius 3 is 1.92 bits per heavy atom. The number of ether oxygens (including phenoxy) is 2. The van der Waals surface area contributed by atoms with Crippen LogP contribution in [0.15, 0.2) is 18.2 Å². The molecule has 0 saturated heterocycles. The number of benzene rings is 1. The quantitative estimate of drug-likeness (QED) is 0.380. The molecule has 3 N–H and O–H groups in total. The van der Waals surface area contributed by atoms with Crippen LogP contribution in [0.5, 0.6) is 11.5 Å². The molecule has 0 aliphatic rings. The first-order valence-electron chi connectivity index (χ1n) is 9.20. The lowest BCUT2D eigenvalue weighted by atomic mass is 9.70. The van der Waals surface area contributed by atoms with Gasteiger partial charge in [-0.25, -0.2) is 0 Å². The second kappa shape index (κ2) is 11.3. The molecule has 0 bridgehead atoms. The summed E-state index contributed by atoms with van der Waals surface area (Å²) in [7, 11) is 0. The minimum atomic E-state index is -3.62. The Bertz CT molecular complexity index is 459. The zero-order valence-electron chi connectivity index (χ0n) is 15.0. The molecule has 1 aromatic carbocycles. The molecule has 24 heavy (non-hydrogen) atoms. The summed E-state index contributed by atoms with van der Waals surface area (Å²) in [5.41, 5.74) is -0.0310. The first-order valence-corrected chi connectivity index (χ1v) is 9.20. The van der Waals surface area contributed by atoms with Crippen molar-refractivity contribution in [2.45, 2.75) is 65.2 Å². The third-order valence-corrected chi connectivity index (χ3v) is 3.92. The highest BCUT2D eigenvalue weighted by Crippen LogP contribution is 2.19. The molecular weight excluding hydrogens is 307 g/mol. The lowest BCUT2D eigenvalue weighted by molar-refractivity contribution is 0.244. The molecule has 0 spiro atoms. The van der Waals surface area contributed by atoms with Crippen LogP contribution in [-0.2, 0) is 0 Å². The van der Waals surface area contributed by atoms with Crippen LogP contribution >= 0.6 is 0 Å². The van der Waals surface area contributed by atoms with Gasteiger partial charge < -0.3 is 24.5 Å². The summed E-state index contributed by atoms with van der Waals surface area (Å²) in [5.74, 6) is 0.792. The van der Waals surface area contributed by atoms with Crippen LogP contribution in [-0.4, -0.2) is 35.0 Å². The van der Waals surface area contributed by atoms with Crippen molar-refractivity contribution in [3.63, 3.8) is 0 Å². The molecule has 0 radical (unpaired) electrons. The molecule has 0 heterocycles. The van der Waals surface area contributed by atoms with Crippen LogP contribution in [0.1, 0.15) is 65.2 Å². The van der Waals surface area contributed by atoms with Gasteiger partial charge in [0.1, 0.15) is 5.75 Å². The fourth-order valence-corrected chi connectivity index (χ4v) is 2.48. The summed E-state index contributed by atoms with van der Waals surface area (Å²) in [6.45, 7) is 1.72. The van der Waals surface area contributed by atoms with E-state index in [1.165, 1.54) is 18.9 Å². The number of unbranched alkanes of at least 4 members (excludes halogenated alkanes) is 6. The first-order chi connectivity index (χ1) is 11.5. The minimum Gasteiger partial charge on any atom is -0.556 e. The van der Waals surface area contributed by atoms with E-state index in [9.17, 15) is 15.1 Å². The summed E-state index contributed by atoms with van der Waals surface area (Å²) in [6.07, 6.45) is 8.65. The van der Waals surface area contributed by atoms with Crippen LogP contribution in [0.3, 0.4) is 0 Å². The van der Waals surface area contributed by atoms with E-state index in [1.54, 1.807) is 12.1 Å². The van der Waals surface area contributed by atoms with E-state index in [1.807, 2.05) is 0 Å². The number of rotatable bonds is 13. The van der Waals surface area contributed by atoms with Gasteiger partial charge in [-0.15, -0.1) is 0 Å². The molecule has 0 fully saturated rings. The average molecular weight is 339 g/mol. The van der Waals surface area contributed by atoms with Crippen molar-refractivity contribution in [2.24, 2.45) is 0 Å². The molecule has 5 nitrogen and oxygen atoms in total. The van der Waals surface area contributed by atoms with E-state index >= 15 is 0 Å². The van der Waals surface area contributed by atoms with Crippen molar-refractivity contribution < 1.29 is 24.5 Å². The van der Waals surface area contributed by atoms with Gasteiger partial charge in [-0.1, -0.05) is 57.8 Å². The Kier molecular flexibility index (Phi) is 9.83. The van der Waals surface area contributed by atoms with Crippen molar-refractivity contribution in [2.75, 3.05) is 13.2 Å². The molecule has 0 atom stereocenters. The van der Waals surface area contributed by atoms with Crippen LogP contribution in [0.4, 0.5) is 0 Å². The minimum absolute atomic E-state index is 0.0310. The van der Waals surface area contributed by atoms with Gasteiger partial charge >= 0.3 is 6.75 Å². The molecule has 0 aliphatic carbocycles. The van der Waals surface area contributed by atoms with Gasteiger partial charge in [-0.3, -0.25) is 0 Å². The van der Waals surface area contributed by atoms with Crippen LogP contribution in [0.25, 0.3) is 0 Å². The third-order valence-electron chi connectivity index (χ3n) is 3.92. The highest BCUT2D eigenvalue weighted by atomic mass is 16.6. The highest BCUT2D eigenvalue weighted by molar-refractivity contribution is 6.72. The van der Waals surface area contributed by atoms with Crippen LogP contribution < -0.4 is 14.9 Å². The van der Waals surface area contributed by atoms with Gasteiger partial charge in [0.15, 0.2) is 0 Å². The summed E-state index contributed by atoms with van der Waals surface area (Å²) in [4.78, 5) is 0. The molecule has 1 aromatic rings. The van der Waals surface area contributed by atoms with Crippen LogP contribution in [0, 0.1) is 0 Å². The first kappa shape index (κ1) is 20.8. The second-order valence-corrected chi connectivity index (χ2v) is 6.25. The van der Waals surface area contributed by atoms with Gasteiger partial charge in [-0.05, 0) is 31.0 Å². The van der Waals surface area contributed by atoms with E-state index in [0.717, 1.165) is 38.5 Å². The lowest BCUT2D eigenvalue weighted by Crippen LogP contribution is -2.49. The van der Waals surface area contributed by atoms with Crippen molar-refractivity contribution in [3.05, 3.63) is 18.2 Å². The maximum Gasteiger partial charge on any atom is 0.406 e. The van der Waals surface area contributed by atoms with E-state index in [4.69, 9.17) is 9.47 Å². The maximum absolute atomic E-state index is 9.61. The zero-order valence-corrected chi connectivity index (χ0v) is 15.0. The Hall–Kier alpha value is -1.24. The van der Waals surface area contributed by atoms with Gasteiger partial charge in [0.05, 0.1) is 19.0 Å². The maximum atomic E-state index is 9.61. The monoisotopic (exact) mass is 339 g/mol. The SMILES string of the molecule is CCCCCCOc1ccc(OCCCCCC)c([B-](O)(O)O)c1. The van der Waals surface area contributed by atoms with E-state index in [2.05, 4.69) is 13.8 Å². The van der Waals surface area contributed by atoms with Gasteiger partial charge in [0.2, 0.25) is 0 Å². The molecule has 0 amide bonds. The Morgan fingerprint density at radius 2 is 1.38 bits per heavy atom. The molecule has 138 valence electrons. The van der Waals surface area contributed by atoms with Gasteiger partial charge in [-0.2, -0.15) is 0 Å². The smallest absolute Gasteiger partial charge is 0.406 e. The van der Waals surface area contributed by atoms with Crippen molar-refractivity contribution >= 4 is 12.2 Å². The van der Waals surface area contributed by atoms with Gasteiger partial charge in [0, 0.05) is 0 Å². The molecular formula is C18H32BO5-. The largest absolute Gasteiger partial charge is 0.556 e. The molecule has 1 rings (SSSR count). The third kappa shape index (κ3) is 8.04. The van der Waals surface area contributed by atoms with E-state index < -0.39 is 6.75 Å². The molecule has 6 heteroatoms. The standard InChI is InChI=1S/C18H32BO5/c1-3-5-7-9-13-23-16-11-12-18(17(15-16)19(20,21)22)24-14-10-8-6-4-2/h11-12,15,20-22H,3-10,13-14H2,1-2H3/q-1. The van der Waals surface area contributed by atoms with Crippen molar-refractivity contribution in [1.29, 1.82) is 0 Å². The Morgan fingerprint density at radius 1 is 0.792 bits per heavy atom. The fraction of sp³-hybridized carbons (Fsp3) is 0.667. The van der Waals surface area contributed by atoms with Crippen LogP contribution in [0.2, 0.25) is 0 Å². The summed E-state index contributed by atoms with van der Waals surface area (Å²) < 4.78 is 11.2. The fourth-order valence-electron chi connectivity index (χ4n) is 2.48. The average Bonchev–Trinajstić information content (AvgIpc) is 2.54. The lowest BCUT2D eigenvalue weighted by Gasteiger charge is -2.25. The predicted molar refractivity (Wildman–Crippen MR) is 97.8 cm³/mol.